The second-order valence-corrected chi connectivity index (χ2v) is 10.5. The molecule has 3 rings (SSSR count). The van der Waals surface area contributed by atoms with Gasteiger partial charge in [0.15, 0.2) is 9.84 Å². The molecule has 3 aromatic rings. The van der Waals surface area contributed by atoms with Crippen molar-refractivity contribution < 1.29 is 26.4 Å². The van der Waals surface area contributed by atoms with Crippen LogP contribution in [0, 0.1) is 10.5 Å². The average Bonchev–Trinajstić information content (AvgIpc) is 2.73. The van der Waals surface area contributed by atoms with E-state index in [1.54, 1.807) is 6.92 Å². The third-order valence-corrected chi connectivity index (χ3v) is 7.08. The van der Waals surface area contributed by atoms with Crippen LogP contribution in [0.3, 0.4) is 0 Å². The van der Waals surface area contributed by atoms with E-state index in [9.17, 15) is 31.2 Å². The van der Waals surface area contributed by atoms with E-state index in [0.29, 0.717) is 14.8 Å². The summed E-state index contributed by atoms with van der Waals surface area (Å²) in [5.74, 6) is -0.791. The summed E-state index contributed by atoms with van der Waals surface area (Å²) in [5, 5.41) is 0. The number of sulfone groups is 1. The fourth-order valence-corrected chi connectivity index (χ4v) is 4.13. The largest absolute Gasteiger partial charge is 0.416 e. The van der Waals surface area contributed by atoms with E-state index in [-0.39, 0.29) is 22.7 Å². The SMILES string of the molecule is Cc1[nH]c(=O)c(C(=O)N(Cc2ccc(S(C)(=O)=O)cc2)c2cccc(C(F)(F)F)c2)cc1I. The molecule has 174 valence electrons. The first kappa shape index (κ1) is 25.0. The molecule has 1 heterocycles. The number of amides is 1. The number of carbonyl (C=O) groups is 1. The Bertz CT molecular complexity index is 1370. The van der Waals surface area contributed by atoms with E-state index in [4.69, 9.17) is 0 Å². The normalized spacial score (nSPS) is 11.9. The zero-order chi connectivity index (χ0) is 24.6. The van der Waals surface area contributed by atoms with Crippen LogP contribution in [0.1, 0.15) is 27.2 Å². The number of halogens is 4. The van der Waals surface area contributed by atoms with Gasteiger partial charge in [-0.1, -0.05) is 18.2 Å². The number of nitrogens with one attached hydrogen (secondary N) is 1. The molecule has 1 amide bonds. The van der Waals surface area contributed by atoms with Crippen molar-refractivity contribution in [2.45, 2.75) is 24.5 Å². The van der Waals surface area contributed by atoms with Gasteiger partial charge in [0.1, 0.15) is 5.56 Å². The van der Waals surface area contributed by atoms with Gasteiger partial charge in [-0.3, -0.25) is 9.59 Å². The van der Waals surface area contributed by atoms with Gasteiger partial charge in [0.25, 0.3) is 11.5 Å². The quantitative estimate of drug-likeness (QED) is 0.442. The van der Waals surface area contributed by atoms with Crippen LogP contribution in [0.25, 0.3) is 0 Å². The minimum atomic E-state index is -4.63. The molecule has 1 N–H and O–H groups in total. The van der Waals surface area contributed by atoms with Gasteiger partial charge in [-0.05, 0) is 71.5 Å². The molecule has 6 nitrogen and oxygen atoms in total. The molecular weight excluding hydrogens is 572 g/mol. The highest BCUT2D eigenvalue weighted by Gasteiger charge is 2.32. The Kier molecular flexibility index (Phi) is 7.03. The number of alkyl halides is 3. The van der Waals surface area contributed by atoms with Gasteiger partial charge in [-0.15, -0.1) is 0 Å². The fraction of sp³-hybridized carbons (Fsp3) is 0.182. The van der Waals surface area contributed by atoms with Gasteiger partial charge in [0, 0.05) is 21.2 Å². The molecule has 33 heavy (non-hydrogen) atoms. The summed E-state index contributed by atoms with van der Waals surface area (Å²) in [5.41, 5.74) is -0.877. The fourth-order valence-electron chi connectivity index (χ4n) is 3.06. The molecule has 1 aromatic heterocycles. The minimum Gasteiger partial charge on any atom is -0.325 e. The Morgan fingerprint density at radius 1 is 1.09 bits per heavy atom. The molecule has 11 heteroatoms. The molecule has 0 aliphatic carbocycles. The number of benzene rings is 2. The number of aryl methyl sites for hydroxylation is 1. The van der Waals surface area contributed by atoms with Crippen LogP contribution < -0.4 is 10.5 Å². The number of H-pyrrole nitrogens is 1. The number of nitrogens with zero attached hydrogens (tertiary/aromatic N) is 1. The van der Waals surface area contributed by atoms with Crippen LogP contribution in [0.5, 0.6) is 0 Å². The second kappa shape index (κ2) is 9.29. The van der Waals surface area contributed by atoms with Crippen molar-refractivity contribution in [1.29, 1.82) is 0 Å². The number of carbonyl (C=O) groups excluding carboxylic acids is 1. The zero-order valence-electron chi connectivity index (χ0n) is 17.4. The molecule has 0 fully saturated rings. The summed E-state index contributed by atoms with van der Waals surface area (Å²) >= 11 is 1.94. The highest BCUT2D eigenvalue weighted by Crippen LogP contribution is 2.32. The number of rotatable bonds is 5. The number of hydrogen-bond acceptors (Lipinski definition) is 4. The predicted octanol–water partition coefficient (Wildman–Crippen LogP) is 4.56. The van der Waals surface area contributed by atoms with Crippen LogP contribution in [0.15, 0.2) is 64.3 Å². The molecule has 0 saturated heterocycles. The first-order chi connectivity index (χ1) is 15.3. The van der Waals surface area contributed by atoms with E-state index in [1.807, 2.05) is 22.6 Å². The molecule has 0 unspecified atom stereocenters. The Morgan fingerprint density at radius 3 is 2.30 bits per heavy atom. The lowest BCUT2D eigenvalue weighted by molar-refractivity contribution is -0.137. The average molecular weight is 590 g/mol. The number of anilines is 1. The number of aromatic nitrogens is 1. The van der Waals surface area contributed by atoms with Crippen molar-refractivity contribution in [3.8, 4) is 0 Å². The van der Waals surface area contributed by atoms with Gasteiger partial charge in [0.2, 0.25) is 0 Å². The van der Waals surface area contributed by atoms with Crippen LogP contribution >= 0.6 is 22.6 Å². The first-order valence-electron chi connectivity index (χ1n) is 9.45. The van der Waals surface area contributed by atoms with Crippen molar-refractivity contribution in [1.82, 2.24) is 4.98 Å². The van der Waals surface area contributed by atoms with Crippen molar-refractivity contribution >= 4 is 44.0 Å². The van der Waals surface area contributed by atoms with Gasteiger partial charge >= 0.3 is 6.18 Å². The Labute approximate surface area is 201 Å². The summed E-state index contributed by atoms with van der Waals surface area (Å²) in [6.45, 7) is 1.47. The van der Waals surface area contributed by atoms with Gasteiger partial charge in [-0.2, -0.15) is 13.2 Å². The lowest BCUT2D eigenvalue weighted by atomic mass is 10.1. The lowest BCUT2D eigenvalue weighted by Gasteiger charge is -2.24. The number of hydrogen-bond donors (Lipinski definition) is 1. The third kappa shape index (κ3) is 5.82. The zero-order valence-corrected chi connectivity index (χ0v) is 20.4. The van der Waals surface area contributed by atoms with Crippen molar-refractivity contribution in [3.63, 3.8) is 0 Å². The van der Waals surface area contributed by atoms with E-state index in [2.05, 4.69) is 4.98 Å². The first-order valence-corrected chi connectivity index (χ1v) is 12.4. The summed E-state index contributed by atoms with van der Waals surface area (Å²) in [6.07, 6.45) is -3.58. The van der Waals surface area contributed by atoms with Crippen LogP contribution in [-0.4, -0.2) is 25.6 Å². The molecule has 0 radical (unpaired) electrons. The Hall–Kier alpha value is -2.67. The van der Waals surface area contributed by atoms with Crippen LogP contribution in [-0.2, 0) is 22.6 Å². The topological polar surface area (TPSA) is 87.3 Å². The van der Waals surface area contributed by atoms with Gasteiger partial charge in [0.05, 0.1) is 17.0 Å². The van der Waals surface area contributed by atoms with Crippen molar-refractivity contribution in [2.24, 2.45) is 0 Å². The molecule has 0 aliphatic heterocycles. The number of pyridine rings is 1. The van der Waals surface area contributed by atoms with E-state index >= 15 is 0 Å². The highest BCUT2D eigenvalue weighted by atomic mass is 127. The molecule has 0 spiro atoms. The molecule has 0 bridgehead atoms. The maximum Gasteiger partial charge on any atom is 0.416 e. The van der Waals surface area contributed by atoms with Gasteiger partial charge in [-0.25, -0.2) is 8.42 Å². The lowest BCUT2D eigenvalue weighted by Crippen LogP contribution is -2.35. The maximum absolute atomic E-state index is 13.3. The number of aromatic amines is 1. The molecule has 0 aliphatic rings. The summed E-state index contributed by atoms with van der Waals surface area (Å²) in [7, 11) is -3.45. The van der Waals surface area contributed by atoms with Crippen LogP contribution in [0.2, 0.25) is 0 Å². The second-order valence-electron chi connectivity index (χ2n) is 7.34. The summed E-state index contributed by atoms with van der Waals surface area (Å²) < 4.78 is 63.9. The summed E-state index contributed by atoms with van der Waals surface area (Å²) in [4.78, 5) is 29.5. The van der Waals surface area contributed by atoms with Gasteiger partial charge < -0.3 is 9.88 Å². The Balaban J connectivity index is 2.10. The van der Waals surface area contributed by atoms with Crippen molar-refractivity contribution in [3.05, 3.63) is 90.9 Å². The summed E-state index contributed by atoms with van der Waals surface area (Å²) in [6, 6.07) is 11.2. The van der Waals surface area contributed by atoms with E-state index in [1.165, 1.54) is 42.5 Å². The predicted molar refractivity (Wildman–Crippen MR) is 126 cm³/mol. The van der Waals surface area contributed by atoms with Crippen molar-refractivity contribution in [2.75, 3.05) is 11.2 Å². The van der Waals surface area contributed by atoms with Crippen LogP contribution in [0.4, 0.5) is 18.9 Å². The molecular formula is C22H18F3IN2O4S. The Morgan fingerprint density at radius 2 is 1.73 bits per heavy atom. The van der Waals surface area contributed by atoms with E-state index in [0.717, 1.165) is 23.3 Å². The molecule has 2 aromatic carbocycles. The standard InChI is InChI=1S/C22H18F3IN2O4S/c1-13-19(26)11-18(20(29)27-13)21(30)28(16-5-3-4-15(10-16)22(23,24)25)12-14-6-8-17(9-7-14)33(2,31)32/h3-11H,12H2,1-2H3,(H,27,29). The third-order valence-electron chi connectivity index (χ3n) is 4.83. The molecule has 0 atom stereocenters. The van der Waals surface area contributed by atoms with E-state index < -0.39 is 33.0 Å². The highest BCUT2D eigenvalue weighted by molar-refractivity contribution is 14.1. The smallest absolute Gasteiger partial charge is 0.325 e. The maximum atomic E-state index is 13.3. The monoisotopic (exact) mass is 590 g/mol. The minimum absolute atomic E-state index is 0.0583. The molecule has 0 saturated carbocycles.